The Morgan fingerprint density at radius 3 is 0.273 bits per heavy atom. The largest absolute Gasteiger partial charge is 2.00 e. The summed E-state index contributed by atoms with van der Waals surface area (Å²) in [4.78, 5) is 0. The second kappa shape index (κ2) is 653. The summed E-state index contributed by atoms with van der Waals surface area (Å²) in [5.41, 5.74) is 0. The molecule has 76 valence electrons. The van der Waals surface area contributed by atoms with Crippen LogP contribution >= 0.6 is 0 Å². The van der Waals surface area contributed by atoms with E-state index in [1.165, 1.54) is 0 Å². The van der Waals surface area contributed by atoms with Gasteiger partial charge in [-0.05, 0) is 0 Å². The van der Waals surface area contributed by atoms with E-state index in [0.29, 0.717) is 0 Å². The van der Waals surface area contributed by atoms with Crippen molar-refractivity contribution in [3.05, 3.63) is 0 Å². The van der Waals surface area contributed by atoms with Crippen LogP contribution in [-0.4, -0.2) is 43.8 Å². The maximum atomic E-state index is 0. The molecule has 0 aromatic rings. The monoisotopic (exact) mass is 312 g/mol. The minimum atomic E-state index is 0. The van der Waals surface area contributed by atoms with Crippen molar-refractivity contribution < 1.29 is 98.0 Å². The second-order valence-electron chi connectivity index (χ2n) is 0. The third kappa shape index (κ3) is 533. The van der Waals surface area contributed by atoms with Crippen molar-refractivity contribution >= 4 is 0 Å². The van der Waals surface area contributed by atoms with Gasteiger partial charge in [-0.1, -0.05) is 0 Å². The average Bonchev–Trinajstić information content (AvgIpc) is 0. The summed E-state index contributed by atoms with van der Waals surface area (Å²) >= 11 is 0. The Balaban J connectivity index is 0. The van der Waals surface area contributed by atoms with Gasteiger partial charge in [0.1, 0.15) is 0 Å². The molecule has 0 saturated carbocycles. The molecule has 0 aliphatic rings. The molecule has 0 unspecified atom stereocenters. The molecule has 0 fully saturated rings. The van der Waals surface area contributed by atoms with Gasteiger partial charge in [-0.2, -0.15) is 0 Å². The molecular weight excluding hydrogens is 297 g/mol. The summed E-state index contributed by atoms with van der Waals surface area (Å²) in [7, 11) is 0. The summed E-state index contributed by atoms with van der Waals surface area (Å²) in [5.74, 6) is 0. The van der Waals surface area contributed by atoms with E-state index in [9.17, 15) is 0 Å². The van der Waals surface area contributed by atoms with Gasteiger partial charge in [0.25, 0.3) is 0 Å². The molecule has 0 bridgehead atoms. The summed E-state index contributed by atoms with van der Waals surface area (Å²) < 4.78 is 0. The first kappa shape index (κ1) is 854. The van der Waals surface area contributed by atoms with Gasteiger partial charge in [0.05, 0.1) is 0 Å². The first-order valence-electron chi connectivity index (χ1n) is 0. The third-order valence-corrected chi connectivity index (χ3v) is 0. The third-order valence-electron chi connectivity index (χ3n) is 0. The molecule has 0 saturated heterocycles. The molecule has 0 spiro atoms. The molecule has 0 aromatic heterocycles. The summed E-state index contributed by atoms with van der Waals surface area (Å²) in [6.45, 7) is 0. The molecule has 0 heterocycles. The molecule has 16 N–H and O–H groups in total. The van der Waals surface area contributed by atoms with E-state index in [1.807, 2.05) is 0 Å². The standard InChI is InChI=1S/2Cr.8H2O.Zn/h;;8*1H2;/q;;;;;;;;;;+2. The van der Waals surface area contributed by atoms with Crippen molar-refractivity contribution in [2.75, 3.05) is 0 Å². The number of hydrogen-bond acceptors (Lipinski definition) is 0. The predicted octanol–water partition coefficient (Wildman–Crippen LogP) is -6.61. The first-order chi connectivity index (χ1) is 0. The van der Waals surface area contributed by atoms with Crippen LogP contribution < -0.4 is 0 Å². The minimum absolute atomic E-state index is 0. The smallest absolute Gasteiger partial charge is 0.412 e. The van der Waals surface area contributed by atoms with Crippen LogP contribution in [0, 0.1) is 0 Å². The Labute approximate surface area is 97.8 Å². The molecule has 0 aliphatic heterocycles. The van der Waals surface area contributed by atoms with Crippen molar-refractivity contribution in [1.29, 1.82) is 0 Å². The summed E-state index contributed by atoms with van der Waals surface area (Å²) in [6.07, 6.45) is 0. The molecule has 0 amide bonds. The van der Waals surface area contributed by atoms with Crippen LogP contribution in [0.2, 0.25) is 0 Å². The van der Waals surface area contributed by atoms with Gasteiger partial charge >= 0.3 is 19.5 Å². The van der Waals surface area contributed by atoms with Crippen molar-refractivity contribution in [2.24, 2.45) is 0 Å². The molecule has 8 nitrogen and oxygen atoms in total. The zero-order valence-electron chi connectivity index (χ0n) is 5.52. The van der Waals surface area contributed by atoms with Crippen molar-refractivity contribution in [3.63, 3.8) is 0 Å². The van der Waals surface area contributed by atoms with Gasteiger partial charge in [0.15, 0.2) is 0 Å². The van der Waals surface area contributed by atoms with Crippen LogP contribution in [0.15, 0.2) is 0 Å². The molecule has 0 aliphatic carbocycles. The quantitative estimate of drug-likeness (QED) is 0.378. The summed E-state index contributed by atoms with van der Waals surface area (Å²) in [6, 6.07) is 0. The van der Waals surface area contributed by atoms with E-state index in [4.69, 9.17) is 0 Å². The van der Waals surface area contributed by atoms with Crippen LogP contribution in [0.4, 0.5) is 0 Å². The molecule has 11 heteroatoms. The molecule has 0 radical (unpaired) electrons. The summed E-state index contributed by atoms with van der Waals surface area (Å²) in [5, 5.41) is 0. The van der Waals surface area contributed by atoms with Crippen LogP contribution in [0.25, 0.3) is 0 Å². The van der Waals surface area contributed by atoms with E-state index in [2.05, 4.69) is 0 Å². The van der Waals surface area contributed by atoms with Crippen molar-refractivity contribution in [2.45, 2.75) is 0 Å². The van der Waals surface area contributed by atoms with Crippen LogP contribution in [0.1, 0.15) is 0 Å². The van der Waals surface area contributed by atoms with Gasteiger partial charge in [0, 0.05) is 34.7 Å². The first-order valence-corrected chi connectivity index (χ1v) is 0. The Morgan fingerprint density at radius 2 is 0.273 bits per heavy atom. The van der Waals surface area contributed by atoms with E-state index in [-0.39, 0.29) is 98.0 Å². The molecule has 0 aromatic carbocycles. The Hall–Kier alpha value is 1.37. The van der Waals surface area contributed by atoms with Gasteiger partial charge in [-0.15, -0.1) is 0 Å². The Bertz CT molecular complexity index is 12.1. The van der Waals surface area contributed by atoms with Gasteiger partial charge in [-0.25, -0.2) is 0 Å². The Kier molecular flexibility index (Phi) is 50700. The normalized spacial score (nSPS) is 0. The topological polar surface area (TPSA) is 252 Å². The van der Waals surface area contributed by atoms with Gasteiger partial charge in [0.2, 0.25) is 0 Å². The maximum Gasteiger partial charge on any atom is 2.00 e. The number of hydrogen-bond donors (Lipinski definition) is 0. The van der Waals surface area contributed by atoms with Crippen LogP contribution in [-0.2, 0) is 54.2 Å². The second-order valence-corrected chi connectivity index (χ2v) is 0. The molecule has 11 heavy (non-hydrogen) atoms. The van der Waals surface area contributed by atoms with E-state index >= 15 is 0 Å². The fourth-order valence-corrected chi connectivity index (χ4v) is 0. The number of rotatable bonds is 0. The van der Waals surface area contributed by atoms with Crippen LogP contribution in [0.5, 0.6) is 0 Å². The molecule has 0 rings (SSSR count). The van der Waals surface area contributed by atoms with Gasteiger partial charge in [-0.3, -0.25) is 0 Å². The molecular formula is H16Cr2O8Zn+2. The van der Waals surface area contributed by atoms with E-state index in [0.717, 1.165) is 0 Å². The van der Waals surface area contributed by atoms with Gasteiger partial charge < -0.3 is 43.8 Å². The average molecular weight is 314 g/mol. The van der Waals surface area contributed by atoms with Crippen LogP contribution in [0.3, 0.4) is 0 Å². The maximum absolute atomic E-state index is 0. The SMILES string of the molecule is O.O.O.O.O.O.O.O.[Cr].[Cr].[Zn+2]. The van der Waals surface area contributed by atoms with E-state index in [1.54, 1.807) is 0 Å². The zero-order valence-corrected chi connectivity index (χ0v) is 11.0. The van der Waals surface area contributed by atoms with Crippen molar-refractivity contribution in [1.82, 2.24) is 0 Å². The fourth-order valence-electron chi connectivity index (χ4n) is 0. The fraction of sp³-hybridized carbons (Fsp3) is 0. The Morgan fingerprint density at radius 1 is 0.273 bits per heavy atom. The zero-order chi connectivity index (χ0) is 0. The molecule has 0 atom stereocenters. The van der Waals surface area contributed by atoms with Crippen molar-refractivity contribution in [3.8, 4) is 0 Å². The van der Waals surface area contributed by atoms with E-state index < -0.39 is 0 Å². The predicted molar refractivity (Wildman–Crippen MR) is 28.9 cm³/mol. The minimum Gasteiger partial charge on any atom is -0.412 e.